The lowest BCUT2D eigenvalue weighted by molar-refractivity contribution is -0.161. The van der Waals surface area contributed by atoms with Crippen molar-refractivity contribution < 1.29 is 80.2 Å². The maximum atomic E-state index is 13.1. The number of aliphatic hydroxyl groups excluding tert-OH is 1. The lowest BCUT2D eigenvalue weighted by Crippen LogP contribution is -2.30. The van der Waals surface area contributed by atoms with E-state index in [2.05, 4.69) is 41.5 Å². The van der Waals surface area contributed by atoms with Gasteiger partial charge in [-0.2, -0.15) is 0 Å². The first-order chi connectivity index (χ1) is 48.9. The second-order valence-electron chi connectivity index (χ2n) is 30.5. The van der Waals surface area contributed by atoms with Crippen LogP contribution in [0.15, 0.2) is 0 Å². The number of phosphoric ester groups is 2. The van der Waals surface area contributed by atoms with Gasteiger partial charge in [0.2, 0.25) is 0 Å². The van der Waals surface area contributed by atoms with Crippen LogP contribution >= 0.6 is 15.6 Å². The van der Waals surface area contributed by atoms with Gasteiger partial charge in [0.1, 0.15) is 19.3 Å². The number of hydrogen-bond acceptors (Lipinski definition) is 15. The van der Waals surface area contributed by atoms with E-state index in [0.29, 0.717) is 25.7 Å². The molecule has 19 heteroatoms. The van der Waals surface area contributed by atoms with Crippen molar-refractivity contribution in [2.24, 2.45) is 11.8 Å². The number of ether oxygens (including phenoxy) is 4. The summed E-state index contributed by atoms with van der Waals surface area (Å²) in [5.41, 5.74) is 0. The summed E-state index contributed by atoms with van der Waals surface area (Å²) in [7, 11) is -9.92. The van der Waals surface area contributed by atoms with E-state index in [1.54, 1.807) is 0 Å². The van der Waals surface area contributed by atoms with Crippen LogP contribution in [0.25, 0.3) is 0 Å². The molecular formula is C82H160O17P2. The molecule has 600 valence electrons. The Bertz CT molecular complexity index is 1940. The van der Waals surface area contributed by atoms with E-state index >= 15 is 0 Å². The Morgan fingerprint density at radius 3 is 0.673 bits per heavy atom. The third kappa shape index (κ3) is 76.1. The lowest BCUT2D eigenvalue weighted by atomic mass is 10.0. The second kappa shape index (κ2) is 73.6. The van der Waals surface area contributed by atoms with Gasteiger partial charge >= 0.3 is 39.5 Å². The molecule has 0 saturated heterocycles. The highest BCUT2D eigenvalue weighted by Gasteiger charge is 2.30. The van der Waals surface area contributed by atoms with E-state index in [-0.39, 0.29) is 25.7 Å². The summed E-state index contributed by atoms with van der Waals surface area (Å²) in [6.07, 6.45) is 63.7. The quantitative estimate of drug-likeness (QED) is 0.0222. The normalized spacial score (nSPS) is 13.9. The van der Waals surface area contributed by atoms with Crippen LogP contribution in [0.2, 0.25) is 0 Å². The molecule has 3 N–H and O–H groups in total. The van der Waals surface area contributed by atoms with Crippen molar-refractivity contribution >= 4 is 39.5 Å². The predicted molar refractivity (Wildman–Crippen MR) is 414 cm³/mol. The number of esters is 4. The van der Waals surface area contributed by atoms with Crippen molar-refractivity contribution in [2.75, 3.05) is 39.6 Å². The summed E-state index contributed by atoms with van der Waals surface area (Å²) in [6, 6.07) is 0. The van der Waals surface area contributed by atoms with Crippen molar-refractivity contribution in [1.29, 1.82) is 0 Å². The van der Waals surface area contributed by atoms with Gasteiger partial charge in [0.05, 0.1) is 26.4 Å². The molecule has 0 aliphatic carbocycles. The number of carbonyl (C=O) groups is 4. The highest BCUT2D eigenvalue weighted by atomic mass is 31.2. The van der Waals surface area contributed by atoms with E-state index in [0.717, 1.165) is 102 Å². The van der Waals surface area contributed by atoms with Crippen LogP contribution in [0.3, 0.4) is 0 Å². The molecule has 101 heavy (non-hydrogen) atoms. The van der Waals surface area contributed by atoms with Crippen molar-refractivity contribution in [2.45, 2.75) is 452 Å². The van der Waals surface area contributed by atoms with Gasteiger partial charge in [-0.05, 0) is 37.5 Å². The molecular weight excluding hydrogens is 1320 g/mol. The maximum absolute atomic E-state index is 13.1. The Balaban J connectivity index is 5.22. The fourth-order valence-electron chi connectivity index (χ4n) is 12.7. The number of rotatable bonds is 81. The maximum Gasteiger partial charge on any atom is 0.472 e. The van der Waals surface area contributed by atoms with Crippen LogP contribution in [0.4, 0.5) is 0 Å². The Morgan fingerprint density at radius 2 is 0.455 bits per heavy atom. The summed E-state index contributed by atoms with van der Waals surface area (Å²) in [5, 5.41) is 10.6. The lowest BCUT2D eigenvalue weighted by Gasteiger charge is -2.21. The van der Waals surface area contributed by atoms with E-state index < -0.39 is 97.5 Å². The summed E-state index contributed by atoms with van der Waals surface area (Å²) in [6.45, 7) is 9.70. The molecule has 0 amide bonds. The number of carbonyl (C=O) groups excluding carboxylic acids is 4. The number of aliphatic hydroxyl groups is 1. The minimum absolute atomic E-state index is 0.108. The third-order valence-corrected chi connectivity index (χ3v) is 21.1. The van der Waals surface area contributed by atoms with Gasteiger partial charge in [-0.25, -0.2) is 9.13 Å². The molecule has 17 nitrogen and oxygen atoms in total. The molecule has 0 spiro atoms. The van der Waals surface area contributed by atoms with Crippen LogP contribution in [0.1, 0.15) is 433 Å². The van der Waals surface area contributed by atoms with Crippen molar-refractivity contribution in [3.05, 3.63) is 0 Å². The molecule has 0 aromatic rings. The zero-order valence-electron chi connectivity index (χ0n) is 66.2. The first-order valence-electron chi connectivity index (χ1n) is 42.5. The first kappa shape index (κ1) is 99.1. The van der Waals surface area contributed by atoms with Gasteiger partial charge in [-0.15, -0.1) is 0 Å². The summed E-state index contributed by atoms with van der Waals surface area (Å²) < 4.78 is 68.7. The van der Waals surface area contributed by atoms with Crippen molar-refractivity contribution in [3.63, 3.8) is 0 Å². The Labute approximate surface area is 619 Å². The Kier molecular flexibility index (Phi) is 72.2. The van der Waals surface area contributed by atoms with E-state index in [4.69, 9.17) is 37.0 Å². The third-order valence-electron chi connectivity index (χ3n) is 19.2. The number of hydrogen-bond donors (Lipinski definition) is 3. The molecule has 0 bridgehead atoms. The van der Waals surface area contributed by atoms with Gasteiger partial charge in [0.15, 0.2) is 12.2 Å². The Morgan fingerprint density at radius 1 is 0.267 bits per heavy atom. The number of unbranched alkanes of at least 4 members (excludes halogenated alkanes) is 51. The van der Waals surface area contributed by atoms with Crippen LogP contribution < -0.4 is 0 Å². The fraction of sp³-hybridized carbons (Fsp3) is 0.951. The highest BCUT2D eigenvalue weighted by Crippen LogP contribution is 2.45. The number of phosphoric acid groups is 2. The largest absolute Gasteiger partial charge is 0.472 e. The summed E-state index contributed by atoms with van der Waals surface area (Å²) in [5.74, 6) is -0.486. The molecule has 0 saturated carbocycles. The van der Waals surface area contributed by atoms with E-state index in [1.165, 1.54) is 250 Å². The second-order valence-corrected chi connectivity index (χ2v) is 33.4. The van der Waals surface area contributed by atoms with Crippen LogP contribution in [0.5, 0.6) is 0 Å². The fourth-order valence-corrected chi connectivity index (χ4v) is 14.3. The highest BCUT2D eigenvalue weighted by molar-refractivity contribution is 7.47. The zero-order chi connectivity index (χ0) is 74.2. The molecule has 0 aromatic heterocycles. The predicted octanol–water partition coefficient (Wildman–Crippen LogP) is 24.7. The zero-order valence-corrected chi connectivity index (χ0v) is 68.0. The van der Waals surface area contributed by atoms with E-state index in [1.807, 2.05) is 0 Å². The summed E-state index contributed by atoms with van der Waals surface area (Å²) in [4.78, 5) is 73.0. The minimum Gasteiger partial charge on any atom is -0.462 e. The van der Waals surface area contributed by atoms with Gasteiger partial charge < -0.3 is 33.8 Å². The molecule has 0 aromatic carbocycles. The first-order valence-corrected chi connectivity index (χ1v) is 45.5. The van der Waals surface area contributed by atoms with Crippen LogP contribution in [-0.4, -0.2) is 96.7 Å². The molecule has 0 radical (unpaired) electrons. The molecule has 0 heterocycles. The minimum atomic E-state index is -4.96. The molecule has 0 rings (SSSR count). The van der Waals surface area contributed by atoms with Crippen LogP contribution in [0, 0.1) is 11.8 Å². The monoisotopic (exact) mass is 1480 g/mol. The smallest absolute Gasteiger partial charge is 0.462 e. The molecule has 5 atom stereocenters. The standard InChI is InChI=1S/C82H160O17P2/c1-7-9-11-13-15-17-19-35-42-48-54-60-66-81(86)98-77(70-92-79(84)64-58-52-46-40-32-18-16-14-12-10-8-2)72-96-100(88,89)94-68-76(83)69-95-101(90,91)97-73-78(71-93-80(85)65-59-53-47-41-36-30-27-26-29-34-39-45-51-57-63-75(5)6)99-82(87)67-61-55-49-43-37-31-25-23-21-20-22-24-28-33-38-44-50-56-62-74(3)4/h74-78,83H,7-73H2,1-6H3,(H,88,89)(H,90,91)/t76-,77+,78+/m0/s1. The average molecular weight is 1480 g/mol. The van der Waals surface area contributed by atoms with Crippen LogP contribution in [-0.2, 0) is 65.4 Å². The van der Waals surface area contributed by atoms with Gasteiger partial charge in [-0.3, -0.25) is 37.3 Å². The Hall–Kier alpha value is -1.94. The van der Waals surface area contributed by atoms with Crippen molar-refractivity contribution in [3.8, 4) is 0 Å². The van der Waals surface area contributed by atoms with E-state index in [9.17, 15) is 43.2 Å². The summed E-state index contributed by atoms with van der Waals surface area (Å²) >= 11 is 0. The SMILES string of the molecule is CCCCCCCCCCCCCCC(=O)O[C@H](COC(=O)CCCCCCCCCCCCC)COP(=O)(O)OC[C@H](O)COP(=O)(O)OC[C@@H](COC(=O)CCCCCCCCCCCCCCCCC(C)C)OC(=O)CCCCCCCCCCCCCCCCCCCCC(C)C. The van der Waals surface area contributed by atoms with Crippen molar-refractivity contribution in [1.82, 2.24) is 0 Å². The molecule has 2 unspecified atom stereocenters. The van der Waals surface area contributed by atoms with Gasteiger partial charge in [0, 0.05) is 25.7 Å². The molecule has 0 fully saturated rings. The van der Waals surface area contributed by atoms with Gasteiger partial charge in [0.25, 0.3) is 0 Å². The average Bonchev–Trinajstić information content (AvgIpc) is 1.14. The molecule has 0 aliphatic rings. The topological polar surface area (TPSA) is 237 Å². The van der Waals surface area contributed by atoms with Gasteiger partial charge in [-0.1, -0.05) is 382 Å². The molecule has 0 aliphatic heterocycles.